The minimum Gasteiger partial charge on any atom is -0.388 e. The summed E-state index contributed by atoms with van der Waals surface area (Å²) in [5.41, 5.74) is -0.487. The van der Waals surface area contributed by atoms with Crippen molar-refractivity contribution in [3.05, 3.63) is 31.5 Å². The Morgan fingerprint density at radius 1 is 1.68 bits per heavy atom. The summed E-state index contributed by atoms with van der Waals surface area (Å²) in [5.74, 6) is 0. The highest BCUT2D eigenvalue weighted by Gasteiger charge is 2.23. The first-order valence-electron chi connectivity index (χ1n) is 5.15. The smallest absolute Gasteiger partial charge is 0.343 e. The van der Waals surface area contributed by atoms with E-state index in [1.165, 1.54) is 24.6 Å². The number of aliphatic hydroxyl groups is 1. The van der Waals surface area contributed by atoms with E-state index in [-0.39, 0.29) is 5.69 Å². The largest absolute Gasteiger partial charge is 0.388 e. The Bertz CT molecular complexity index is 672. The maximum Gasteiger partial charge on any atom is 0.343 e. The molecule has 2 aromatic rings. The molecule has 19 heavy (non-hydrogen) atoms. The first-order valence-corrected chi connectivity index (χ1v) is 6.79. The molecule has 2 N–H and O–H groups in total. The topological polar surface area (TPSA) is 114 Å². The highest BCUT2D eigenvalue weighted by molar-refractivity contribution is 8.01. The van der Waals surface area contributed by atoms with Gasteiger partial charge in [-0.05, 0) is 18.7 Å². The van der Waals surface area contributed by atoms with Crippen molar-refractivity contribution in [1.82, 2.24) is 14.8 Å². The van der Waals surface area contributed by atoms with Gasteiger partial charge in [-0.1, -0.05) is 0 Å². The second kappa shape index (κ2) is 5.15. The van der Waals surface area contributed by atoms with Crippen molar-refractivity contribution < 1.29 is 10.0 Å². The number of aromatic amines is 1. The van der Waals surface area contributed by atoms with Gasteiger partial charge in [0.1, 0.15) is 4.21 Å². The van der Waals surface area contributed by atoms with Gasteiger partial charge in [0.25, 0.3) is 5.69 Å². The first-order chi connectivity index (χ1) is 8.90. The van der Waals surface area contributed by atoms with Crippen LogP contribution in [0.1, 0.15) is 17.9 Å². The van der Waals surface area contributed by atoms with Crippen molar-refractivity contribution in [2.24, 2.45) is 7.05 Å². The molecule has 0 radical (unpaired) electrons. The normalized spacial score (nSPS) is 12.6. The predicted molar refractivity (Wildman–Crippen MR) is 69.6 cm³/mol. The Morgan fingerprint density at radius 3 is 2.84 bits per heavy atom. The Morgan fingerprint density at radius 2 is 2.37 bits per heavy atom. The molecule has 2 heterocycles. The average molecular weight is 302 g/mol. The number of nitrogens with zero attached hydrogens (tertiary/aromatic N) is 3. The summed E-state index contributed by atoms with van der Waals surface area (Å²) in [6.45, 7) is 1.54. The fourth-order valence-corrected chi connectivity index (χ4v) is 3.48. The van der Waals surface area contributed by atoms with Gasteiger partial charge in [0.2, 0.25) is 0 Å². The van der Waals surface area contributed by atoms with E-state index in [2.05, 4.69) is 10.2 Å². The maximum absolute atomic E-state index is 11.2. The number of aliphatic hydroxyl groups excluding tert-OH is 1. The summed E-state index contributed by atoms with van der Waals surface area (Å²) in [6, 6.07) is 1.34. The Balaban J connectivity index is 2.41. The Kier molecular flexibility index (Phi) is 3.73. The van der Waals surface area contributed by atoms with E-state index < -0.39 is 16.7 Å². The molecule has 0 saturated carbocycles. The van der Waals surface area contributed by atoms with Gasteiger partial charge in [0, 0.05) is 18.0 Å². The zero-order valence-corrected chi connectivity index (χ0v) is 11.6. The number of aromatic nitrogens is 3. The SMILES string of the molecule is C[C@H](O)c1cc([N+](=O)[O-])c(Sc2n[nH]c(=O)n2C)s1. The first kappa shape index (κ1) is 13.8. The van der Waals surface area contributed by atoms with Crippen LogP contribution < -0.4 is 5.69 Å². The summed E-state index contributed by atoms with van der Waals surface area (Å²) in [5, 5.41) is 26.8. The molecule has 1 atom stereocenters. The summed E-state index contributed by atoms with van der Waals surface area (Å²) in [7, 11) is 1.52. The number of H-pyrrole nitrogens is 1. The summed E-state index contributed by atoms with van der Waals surface area (Å²) < 4.78 is 1.64. The van der Waals surface area contributed by atoms with Gasteiger partial charge in [-0.2, -0.15) is 0 Å². The van der Waals surface area contributed by atoms with Crippen molar-refractivity contribution in [3.8, 4) is 0 Å². The molecule has 2 rings (SSSR count). The molecular weight excluding hydrogens is 292 g/mol. The molecule has 102 valence electrons. The van der Waals surface area contributed by atoms with Crippen molar-refractivity contribution in [3.63, 3.8) is 0 Å². The van der Waals surface area contributed by atoms with Crippen LogP contribution in [-0.2, 0) is 7.05 Å². The molecule has 0 fully saturated rings. The van der Waals surface area contributed by atoms with E-state index in [1.807, 2.05) is 0 Å². The van der Waals surface area contributed by atoms with Crippen LogP contribution in [0, 0.1) is 10.1 Å². The van der Waals surface area contributed by atoms with Gasteiger partial charge < -0.3 is 5.11 Å². The van der Waals surface area contributed by atoms with E-state index >= 15 is 0 Å². The summed E-state index contributed by atoms with van der Waals surface area (Å²) >= 11 is 2.13. The van der Waals surface area contributed by atoms with Crippen LogP contribution >= 0.6 is 23.1 Å². The monoisotopic (exact) mass is 302 g/mol. The van der Waals surface area contributed by atoms with Crippen molar-refractivity contribution in [2.75, 3.05) is 0 Å². The molecule has 0 aromatic carbocycles. The van der Waals surface area contributed by atoms with E-state index in [0.29, 0.717) is 14.2 Å². The molecule has 0 spiro atoms. The third kappa shape index (κ3) is 2.69. The molecule has 10 heteroatoms. The van der Waals surface area contributed by atoms with Gasteiger partial charge >= 0.3 is 5.69 Å². The van der Waals surface area contributed by atoms with Gasteiger partial charge in [0.15, 0.2) is 5.16 Å². The molecular formula is C9H10N4O4S2. The molecule has 0 saturated heterocycles. The quantitative estimate of drug-likeness (QED) is 0.649. The van der Waals surface area contributed by atoms with Crippen LogP contribution in [0.5, 0.6) is 0 Å². The van der Waals surface area contributed by atoms with Crippen LogP contribution in [0.3, 0.4) is 0 Å². The van der Waals surface area contributed by atoms with Gasteiger partial charge in [-0.15, -0.1) is 16.4 Å². The van der Waals surface area contributed by atoms with Crippen LogP contribution in [0.2, 0.25) is 0 Å². The molecule has 2 aromatic heterocycles. The summed E-state index contributed by atoms with van der Waals surface area (Å²) in [4.78, 5) is 22.2. The van der Waals surface area contributed by atoms with Crippen LogP contribution in [0.4, 0.5) is 5.69 Å². The lowest BCUT2D eigenvalue weighted by Crippen LogP contribution is -2.12. The van der Waals surface area contributed by atoms with Crippen LogP contribution in [-0.4, -0.2) is 24.8 Å². The minimum absolute atomic E-state index is 0.0960. The van der Waals surface area contributed by atoms with E-state index in [1.54, 1.807) is 0 Å². The zero-order chi connectivity index (χ0) is 14.2. The molecule has 0 amide bonds. The average Bonchev–Trinajstić information content (AvgIpc) is 2.88. The van der Waals surface area contributed by atoms with Crippen molar-refractivity contribution in [1.29, 1.82) is 0 Å². The van der Waals surface area contributed by atoms with Gasteiger partial charge in [0.05, 0.1) is 11.0 Å². The molecule has 8 nitrogen and oxygen atoms in total. The van der Waals surface area contributed by atoms with E-state index in [0.717, 1.165) is 23.1 Å². The third-order valence-electron chi connectivity index (χ3n) is 2.33. The third-order valence-corrected chi connectivity index (χ3v) is 4.86. The van der Waals surface area contributed by atoms with Crippen molar-refractivity contribution >= 4 is 28.8 Å². The van der Waals surface area contributed by atoms with Gasteiger partial charge in [-0.3, -0.25) is 14.7 Å². The minimum atomic E-state index is -0.777. The molecule has 0 aliphatic heterocycles. The molecule has 0 unspecified atom stereocenters. The van der Waals surface area contributed by atoms with Gasteiger partial charge in [-0.25, -0.2) is 9.89 Å². The fraction of sp³-hybridized carbons (Fsp3) is 0.333. The standard InChI is InChI=1S/C9H10N4O4S2/c1-4(14)6-3-5(13(16)17)7(18-6)19-9-11-10-8(15)12(9)2/h3-4,14H,1-2H3,(H,10,15)/t4-/m0/s1. The second-order valence-corrected chi connectivity index (χ2v) is 6.05. The van der Waals surface area contributed by atoms with E-state index in [9.17, 15) is 20.0 Å². The summed E-state index contributed by atoms with van der Waals surface area (Å²) in [6.07, 6.45) is -0.777. The lowest BCUT2D eigenvalue weighted by molar-refractivity contribution is -0.387. The molecule has 0 aliphatic carbocycles. The number of nitro groups is 1. The number of thiophene rings is 1. The molecule has 0 aliphatic rings. The van der Waals surface area contributed by atoms with Crippen LogP contribution in [0.15, 0.2) is 20.2 Å². The van der Waals surface area contributed by atoms with Crippen LogP contribution in [0.25, 0.3) is 0 Å². The lowest BCUT2D eigenvalue weighted by Gasteiger charge is -1.97. The zero-order valence-electron chi connectivity index (χ0n) is 9.98. The van der Waals surface area contributed by atoms with Crippen molar-refractivity contribution in [2.45, 2.75) is 22.4 Å². The highest BCUT2D eigenvalue weighted by Crippen LogP contribution is 2.42. The number of hydrogen-bond acceptors (Lipinski definition) is 7. The Hall–Kier alpha value is -1.65. The fourth-order valence-electron chi connectivity index (χ4n) is 1.30. The number of hydrogen-bond donors (Lipinski definition) is 2. The lowest BCUT2D eigenvalue weighted by atomic mass is 10.3. The van der Waals surface area contributed by atoms with E-state index in [4.69, 9.17) is 0 Å². The number of nitrogens with one attached hydrogen (secondary N) is 1. The number of rotatable bonds is 4. The predicted octanol–water partition coefficient (Wildman–Crippen LogP) is 1.28. The molecule has 0 bridgehead atoms. The highest BCUT2D eigenvalue weighted by atomic mass is 32.2. The Labute approximate surface area is 115 Å². The maximum atomic E-state index is 11.2. The second-order valence-electron chi connectivity index (χ2n) is 3.73.